The highest BCUT2D eigenvalue weighted by molar-refractivity contribution is 5.95. The number of rotatable bonds is 8. The zero-order valence-electron chi connectivity index (χ0n) is 19.4. The predicted molar refractivity (Wildman–Crippen MR) is 132 cm³/mol. The minimum atomic E-state index is -0.983. The first kappa shape index (κ1) is 23.8. The first-order valence-corrected chi connectivity index (χ1v) is 11.6. The van der Waals surface area contributed by atoms with Gasteiger partial charge in [-0.3, -0.25) is 9.88 Å². The molecule has 2 aromatic carbocycles. The van der Waals surface area contributed by atoms with Gasteiger partial charge in [0.25, 0.3) is 0 Å². The first-order valence-electron chi connectivity index (χ1n) is 11.6. The molecule has 5 N–H and O–H groups in total. The van der Waals surface area contributed by atoms with E-state index in [0.29, 0.717) is 24.3 Å². The number of hydrogen-bond donors (Lipinski definition) is 5. The van der Waals surface area contributed by atoms with Crippen molar-refractivity contribution in [2.75, 3.05) is 11.9 Å². The molecule has 36 heavy (non-hydrogen) atoms. The van der Waals surface area contributed by atoms with E-state index in [1.165, 1.54) is 12.7 Å². The van der Waals surface area contributed by atoms with Gasteiger partial charge in [-0.25, -0.2) is 19.7 Å². The van der Waals surface area contributed by atoms with Gasteiger partial charge in [0.2, 0.25) is 0 Å². The van der Waals surface area contributed by atoms with E-state index >= 15 is 0 Å². The summed E-state index contributed by atoms with van der Waals surface area (Å²) in [5.41, 5.74) is 2.75. The molecule has 0 spiro atoms. The number of imidazole rings is 1. The average molecular weight is 490 g/mol. The molecule has 1 fully saturated rings. The predicted octanol–water partition coefficient (Wildman–Crippen LogP) is 1.56. The maximum absolute atomic E-state index is 12.4. The summed E-state index contributed by atoms with van der Waals surface area (Å²) in [6.07, 6.45) is 0.339. The van der Waals surface area contributed by atoms with Crippen molar-refractivity contribution in [3.8, 4) is 0 Å². The van der Waals surface area contributed by atoms with Gasteiger partial charge in [0.1, 0.15) is 18.5 Å². The quantitative estimate of drug-likeness (QED) is 0.251. The molecule has 0 bridgehead atoms. The molecule has 5 rings (SSSR count). The van der Waals surface area contributed by atoms with Gasteiger partial charge >= 0.3 is 6.03 Å². The van der Waals surface area contributed by atoms with Crippen LogP contribution in [0.2, 0.25) is 0 Å². The number of carbonyl (C=O) groups excluding carboxylic acids is 1. The zero-order valence-corrected chi connectivity index (χ0v) is 19.4. The Morgan fingerprint density at radius 2 is 1.67 bits per heavy atom. The number of aliphatic hydroxyl groups excluding tert-OH is 2. The zero-order chi connectivity index (χ0) is 24.9. The third-order valence-corrected chi connectivity index (χ3v) is 6.10. The van der Waals surface area contributed by atoms with Crippen LogP contribution in [0.4, 0.5) is 10.6 Å². The summed E-state index contributed by atoms with van der Waals surface area (Å²) in [7, 11) is 0. The Labute approximate surface area is 207 Å². The number of carbonyl (C=O) groups is 1. The van der Waals surface area contributed by atoms with E-state index in [0.717, 1.165) is 11.1 Å². The number of nitrogens with one attached hydrogen (secondary N) is 3. The summed E-state index contributed by atoms with van der Waals surface area (Å²) in [4.78, 5) is 25.3. The van der Waals surface area contributed by atoms with Crippen molar-refractivity contribution in [1.82, 2.24) is 30.2 Å². The number of aliphatic hydroxyl groups is 2. The van der Waals surface area contributed by atoms with Crippen molar-refractivity contribution in [2.24, 2.45) is 0 Å². The monoisotopic (exact) mass is 489 g/mol. The molecule has 2 amide bonds. The molecule has 1 aliphatic rings. The Kier molecular flexibility index (Phi) is 7.14. The fourth-order valence-electron chi connectivity index (χ4n) is 4.27. The highest BCUT2D eigenvalue weighted by Gasteiger charge is 2.44. The van der Waals surface area contributed by atoms with Crippen LogP contribution in [0.1, 0.15) is 17.4 Å². The van der Waals surface area contributed by atoms with Crippen LogP contribution in [-0.2, 0) is 17.8 Å². The average Bonchev–Trinajstić information content (AvgIpc) is 3.48. The summed E-state index contributed by atoms with van der Waals surface area (Å²) < 4.78 is 7.57. The normalized spacial score (nSPS) is 21.5. The summed E-state index contributed by atoms with van der Waals surface area (Å²) in [5, 5.41) is 29.7. The second kappa shape index (κ2) is 10.8. The number of hydrogen-bond acceptors (Lipinski definition) is 8. The van der Waals surface area contributed by atoms with Gasteiger partial charge < -0.3 is 25.6 Å². The molecule has 0 radical (unpaired) electrons. The second-order valence-corrected chi connectivity index (χ2v) is 8.47. The summed E-state index contributed by atoms with van der Waals surface area (Å²) >= 11 is 0. The number of amides is 2. The molecule has 186 valence electrons. The van der Waals surface area contributed by atoms with E-state index in [2.05, 4.69) is 30.9 Å². The van der Waals surface area contributed by atoms with Crippen LogP contribution in [0.25, 0.3) is 11.2 Å². The van der Waals surface area contributed by atoms with E-state index < -0.39 is 30.5 Å². The first-order chi connectivity index (χ1) is 17.6. The van der Waals surface area contributed by atoms with Gasteiger partial charge in [0.15, 0.2) is 23.2 Å². The molecule has 1 saturated heterocycles. The van der Waals surface area contributed by atoms with E-state index in [4.69, 9.17) is 4.74 Å². The standard InChI is InChI=1S/C25H27N7O4/c33-13-18-19(26-11-16-7-3-1-4-8-16)21(34)24(36-18)32-15-30-20-22(28-14-29-23(20)32)31-25(35)27-12-17-9-5-2-6-10-17/h1-10,14-15,18-19,21,24,26,33-34H,11-13H2,(H2,27,28,29,31,35)/t18-,19+,21-,24-/m1/s1. The van der Waals surface area contributed by atoms with E-state index in [9.17, 15) is 15.0 Å². The molecule has 0 aliphatic carbocycles. The van der Waals surface area contributed by atoms with Crippen molar-refractivity contribution in [2.45, 2.75) is 37.6 Å². The summed E-state index contributed by atoms with van der Waals surface area (Å²) in [6, 6.07) is 18.4. The van der Waals surface area contributed by atoms with Crippen LogP contribution in [0.5, 0.6) is 0 Å². The maximum Gasteiger partial charge on any atom is 0.320 e. The Morgan fingerprint density at radius 1 is 0.972 bits per heavy atom. The fraction of sp³-hybridized carbons (Fsp3) is 0.280. The third-order valence-electron chi connectivity index (χ3n) is 6.10. The van der Waals surface area contributed by atoms with Crippen molar-refractivity contribution < 1.29 is 19.7 Å². The van der Waals surface area contributed by atoms with Crippen LogP contribution >= 0.6 is 0 Å². The highest BCUT2D eigenvalue weighted by atomic mass is 16.5. The Morgan fingerprint density at radius 3 is 2.36 bits per heavy atom. The van der Waals surface area contributed by atoms with Crippen molar-refractivity contribution in [1.29, 1.82) is 0 Å². The molecule has 4 atom stereocenters. The molecule has 4 aromatic rings. The van der Waals surface area contributed by atoms with E-state index in [1.54, 1.807) is 4.57 Å². The topological polar surface area (TPSA) is 146 Å². The SMILES string of the molecule is O=C(NCc1ccccc1)Nc1ncnc2c1ncn2[C@@H]1O[C@H](CO)[C@H](NCc2ccccc2)[C@H]1O. The van der Waals surface area contributed by atoms with Gasteiger partial charge in [0, 0.05) is 13.1 Å². The Balaban J connectivity index is 1.30. The number of benzene rings is 2. The molecule has 0 unspecified atom stereocenters. The molecule has 11 nitrogen and oxygen atoms in total. The van der Waals surface area contributed by atoms with Crippen LogP contribution in [-0.4, -0.2) is 60.6 Å². The van der Waals surface area contributed by atoms with Gasteiger partial charge in [0.05, 0.1) is 19.0 Å². The minimum Gasteiger partial charge on any atom is -0.394 e. The van der Waals surface area contributed by atoms with Crippen LogP contribution < -0.4 is 16.0 Å². The van der Waals surface area contributed by atoms with Crippen molar-refractivity contribution >= 4 is 23.0 Å². The van der Waals surface area contributed by atoms with Crippen molar-refractivity contribution in [3.05, 3.63) is 84.4 Å². The smallest absolute Gasteiger partial charge is 0.320 e. The van der Waals surface area contributed by atoms with E-state index in [-0.39, 0.29) is 12.4 Å². The highest BCUT2D eigenvalue weighted by Crippen LogP contribution is 2.32. The van der Waals surface area contributed by atoms with Crippen LogP contribution in [0.3, 0.4) is 0 Å². The lowest BCUT2D eigenvalue weighted by Crippen LogP contribution is -2.45. The lowest BCUT2D eigenvalue weighted by atomic mass is 10.1. The summed E-state index contributed by atoms with van der Waals surface area (Å²) in [6.45, 7) is 0.599. The lowest BCUT2D eigenvalue weighted by molar-refractivity contribution is -0.0489. The number of nitrogens with zero attached hydrogens (tertiary/aromatic N) is 4. The lowest BCUT2D eigenvalue weighted by Gasteiger charge is -2.21. The minimum absolute atomic E-state index is 0.231. The van der Waals surface area contributed by atoms with Gasteiger partial charge in [-0.15, -0.1) is 0 Å². The van der Waals surface area contributed by atoms with Crippen LogP contribution in [0, 0.1) is 0 Å². The Hall–Kier alpha value is -3.90. The molecule has 0 saturated carbocycles. The summed E-state index contributed by atoms with van der Waals surface area (Å²) in [5.74, 6) is 0.231. The maximum atomic E-state index is 12.4. The van der Waals surface area contributed by atoms with Gasteiger partial charge in [-0.05, 0) is 11.1 Å². The molecule has 2 aromatic heterocycles. The number of fused-ring (bicyclic) bond motifs is 1. The third kappa shape index (κ3) is 5.04. The molecule has 3 heterocycles. The number of aromatic nitrogens is 4. The number of ether oxygens (including phenoxy) is 1. The molecular formula is C25H27N7O4. The van der Waals surface area contributed by atoms with E-state index in [1.807, 2.05) is 60.7 Å². The van der Waals surface area contributed by atoms with Crippen LogP contribution in [0.15, 0.2) is 73.3 Å². The fourth-order valence-corrected chi connectivity index (χ4v) is 4.27. The largest absolute Gasteiger partial charge is 0.394 e. The Bertz CT molecular complexity index is 1300. The van der Waals surface area contributed by atoms with Gasteiger partial charge in [-0.2, -0.15) is 0 Å². The number of urea groups is 1. The molecule has 11 heteroatoms. The van der Waals surface area contributed by atoms with Crippen molar-refractivity contribution in [3.63, 3.8) is 0 Å². The molecule has 1 aliphatic heterocycles. The second-order valence-electron chi connectivity index (χ2n) is 8.47. The number of anilines is 1. The molecular weight excluding hydrogens is 462 g/mol. The van der Waals surface area contributed by atoms with Gasteiger partial charge in [-0.1, -0.05) is 60.7 Å².